The van der Waals surface area contributed by atoms with Crippen molar-refractivity contribution in [3.63, 3.8) is 0 Å². The molecule has 0 amide bonds. The van der Waals surface area contributed by atoms with Crippen LogP contribution in [0.25, 0.3) is 0 Å². The summed E-state index contributed by atoms with van der Waals surface area (Å²) in [5.41, 5.74) is 0.439. The Hall–Kier alpha value is -0.810. The number of likely N-dealkylation sites (tertiary alicyclic amines) is 1. The highest BCUT2D eigenvalue weighted by Crippen LogP contribution is 2.21. The van der Waals surface area contributed by atoms with Gasteiger partial charge in [0, 0.05) is 45.3 Å². The van der Waals surface area contributed by atoms with Crippen molar-refractivity contribution in [3.8, 4) is 0 Å². The number of rotatable bonds is 6. The Bertz CT molecular complexity index is 385. The van der Waals surface area contributed by atoms with Crippen molar-refractivity contribution in [1.82, 2.24) is 15.1 Å². The molecule has 0 saturated carbocycles. The molecular weight excluding hydrogens is 300 g/mol. The average Bonchev–Trinajstić information content (AvgIpc) is 3.03. The summed E-state index contributed by atoms with van der Waals surface area (Å²) >= 11 is 0. The predicted octanol–water partition coefficient (Wildman–Crippen LogP) is 2.57. The molecule has 2 aliphatic rings. The number of nitrogens with zero attached hydrogens (tertiary/aromatic N) is 3. The maximum atomic E-state index is 5.48. The van der Waals surface area contributed by atoms with E-state index in [0.717, 1.165) is 58.4 Å². The number of aliphatic imine (C=N–C) groups is 1. The second kappa shape index (κ2) is 9.62. The number of guanidine groups is 1. The van der Waals surface area contributed by atoms with Crippen molar-refractivity contribution in [2.24, 2.45) is 10.4 Å². The summed E-state index contributed by atoms with van der Waals surface area (Å²) in [6.07, 6.45) is 4.98. The second-order valence-corrected chi connectivity index (χ2v) is 8.29. The molecule has 1 atom stereocenters. The largest absolute Gasteiger partial charge is 0.379 e. The van der Waals surface area contributed by atoms with Gasteiger partial charge in [-0.05, 0) is 31.6 Å². The monoisotopic (exact) mass is 338 g/mol. The lowest BCUT2D eigenvalue weighted by Gasteiger charge is -2.32. The summed E-state index contributed by atoms with van der Waals surface area (Å²) in [4.78, 5) is 9.93. The summed E-state index contributed by atoms with van der Waals surface area (Å²) < 4.78 is 5.48. The van der Waals surface area contributed by atoms with Crippen molar-refractivity contribution in [2.75, 3.05) is 52.5 Å². The Morgan fingerprint density at radius 3 is 2.58 bits per heavy atom. The highest BCUT2D eigenvalue weighted by molar-refractivity contribution is 5.80. The molecule has 2 heterocycles. The summed E-state index contributed by atoms with van der Waals surface area (Å²) in [6.45, 7) is 17.2. The highest BCUT2D eigenvalue weighted by atomic mass is 16.5. The molecule has 0 aromatic carbocycles. The molecule has 140 valence electrons. The molecule has 2 fully saturated rings. The first kappa shape index (κ1) is 19.5. The average molecular weight is 339 g/mol. The fourth-order valence-corrected chi connectivity index (χ4v) is 3.55. The molecule has 2 rings (SSSR count). The number of hydrogen-bond acceptors (Lipinski definition) is 3. The lowest BCUT2D eigenvalue weighted by molar-refractivity contribution is 0.0195. The van der Waals surface area contributed by atoms with E-state index in [2.05, 4.69) is 42.8 Å². The molecule has 2 saturated heterocycles. The van der Waals surface area contributed by atoms with Gasteiger partial charge in [0.15, 0.2) is 5.96 Å². The maximum absolute atomic E-state index is 5.48. The SMILES string of the molecule is CCNC(=NCCCCC(C)(C)C)N1CCC(N2CCOCC2)C1. The van der Waals surface area contributed by atoms with Gasteiger partial charge in [0.05, 0.1) is 13.2 Å². The van der Waals surface area contributed by atoms with E-state index in [0.29, 0.717) is 11.5 Å². The third kappa shape index (κ3) is 6.60. The fourth-order valence-electron chi connectivity index (χ4n) is 3.55. The zero-order valence-corrected chi connectivity index (χ0v) is 16.3. The van der Waals surface area contributed by atoms with Crippen LogP contribution in [0.1, 0.15) is 53.4 Å². The summed E-state index contributed by atoms with van der Waals surface area (Å²) in [7, 11) is 0. The van der Waals surface area contributed by atoms with E-state index in [9.17, 15) is 0 Å². The molecule has 0 aliphatic carbocycles. The van der Waals surface area contributed by atoms with Crippen molar-refractivity contribution < 1.29 is 4.74 Å². The van der Waals surface area contributed by atoms with Crippen LogP contribution in [0.5, 0.6) is 0 Å². The van der Waals surface area contributed by atoms with Crippen molar-refractivity contribution >= 4 is 5.96 Å². The Labute approximate surface area is 148 Å². The molecule has 1 unspecified atom stereocenters. The van der Waals surface area contributed by atoms with Crippen LogP contribution in [0.4, 0.5) is 0 Å². The van der Waals surface area contributed by atoms with Gasteiger partial charge < -0.3 is 15.0 Å². The number of hydrogen-bond donors (Lipinski definition) is 1. The van der Waals surface area contributed by atoms with Gasteiger partial charge in [-0.25, -0.2) is 0 Å². The summed E-state index contributed by atoms with van der Waals surface area (Å²) in [5, 5.41) is 3.49. The van der Waals surface area contributed by atoms with Crippen LogP contribution in [-0.4, -0.2) is 74.3 Å². The van der Waals surface area contributed by atoms with E-state index in [1.807, 2.05) is 0 Å². The minimum Gasteiger partial charge on any atom is -0.379 e. The topological polar surface area (TPSA) is 40.1 Å². The maximum Gasteiger partial charge on any atom is 0.193 e. The van der Waals surface area contributed by atoms with Crippen LogP contribution in [0, 0.1) is 5.41 Å². The van der Waals surface area contributed by atoms with E-state index in [4.69, 9.17) is 9.73 Å². The smallest absolute Gasteiger partial charge is 0.193 e. The molecule has 24 heavy (non-hydrogen) atoms. The second-order valence-electron chi connectivity index (χ2n) is 8.29. The van der Waals surface area contributed by atoms with Crippen molar-refractivity contribution in [1.29, 1.82) is 0 Å². The number of nitrogens with one attached hydrogen (secondary N) is 1. The minimum absolute atomic E-state index is 0.439. The normalized spacial score (nSPS) is 23.8. The molecule has 5 heteroatoms. The van der Waals surface area contributed by atoms with Gasteiger partial charge in [0.2, 0.25) is 0 Å². The third-order valence-corrected chi connectivity index (χ3v) is 4.96. The highest BCUT2D eigenvalue weighted by Gasteiger charge is 2.30. The van der Waals surface area contributed by atoms with Gasteiger partial charge in [0.25, 0.3) is 0 Å². The lowest BCUT2D eigenvalue weighted by atomic mass is 9.90. The van der Waals surface area contributed by atoms with Crippen molar-refractivity contribution in [2.45, 2.75) is 59.4 Å². The van der Waals surface area contributed by atoms with E-state index < -0.39 is 0 Å². The quantitative estimate of drug-likeness (QED) is 0.459. The van der Waals surface area contributed by atoms with Crippen molar-refractivity contribution in [3.05, 3.63) is 0 Å². The Morgan fingerprint density at radius 1 is 1.17 bits per heavy atom. The minimum atomic E-state index is 0.439. The van der Waals surface area contributed by atoms with Gasteiger partial charge >= 0.3 is 0 Å². The van der Waals surface area contributed by atoms with Crippen LogP contribution in [0.3, 0.4) is 0 Å². The predicted molar refractivity (Wildman–Crippen MR) is 102 cm³/mol. The van der Waals surface area contributed by atoms with Gasteiger partial charge in [-0.3, -0.25) is 9.89 Å². The molecule has 0 spiro atoms. The van der Waals surface area contributed by atoms with Gasteiger partial charge in [-0.2, -0.15) is 0 Å². The molecule has 0 radical (unpaired) electrons. The molecule has 5 nitrogen and oxygen atoms in total. The molecular formula is C19H38N4O. The van der Waals surface area contributed by atoms with Crippen LogP contribution >= 0.6 is 0 Å². The van der Waals surface area contributed by atoms with Gasteiger partial charge in [-0.15, -0.1) is 0 Å². The number of ether oxygens (including phenoxy) is 1. The van der Waals surface area contributed by atoms with Crippen LogP contribution < -0.4 is 5.32 Å². The Kier molecular flexibility index (Phi) is 7.82. The fraction of sp³-hybridized carbons (Fsp3) is 0.947. The lowest BCUT2D eigenvalue weighted by Crippen LogP contribution is -2.46. The van der Waals surface area contributed by atoms with Gasteiger partial charge in [0.1, 0.15) is 0 Å². The third-order valence-electron chi connectivity index (χ3n) is 4.96. The first-order valence-electron chi connectivity index (χ1n) is 9.84. The first-order valence-corrected chi connectivity index (χ1v) is 9.84. The standard InChI is InChI=1S/C19H38N4O/c1-5-20-18(21-10-7-6-9-19(2,3)4)23-11-8-17(16-23)22-12-14-24-15-13-22/h17H,5-16H2,1-4H3,(H,20,21). The molecule has 0 aromatic rings. The zero-order chi connectivity index (χ0) is 17.4. The van der Waals surface area contributed by atoms with E-state index in [1.165, 1.54) is 25.7 Å². The molecule has 2 aliphatic heterocycles. The molecule has 0 aromatic heterocycles. The number of morpholine rings is 1. The van der Waals surface area contributed by atoms with Crippen LogP contribution in [-0.2, 0) is 4.74 Å². The zero-order valence-electron chi connectivity index (χ0n) is 16.3. The number of unbranched alkanes of at least 4 members (excludes halogenated alkanes) is 1. The van der Waals surface area contributed by atoms with E-state index in [-0.39, 0.29) is 0 Å². The van der Waals surface area contributed by atoms with Crippen LogP contribution in [0.15, 0.2) is 4.99 Å². The molecule has 1 N–H and O–H groups in total. The van der Waals surface area contributed by atoms with Crippen LogP contribution in [0.2, 0.25) is 0 Å². The Morgan fingerprint density at radius 2 is 1.92 bits per heavy atom. The Balaban J connectivity index is 1.78. The van der Waals surface area contributed by atoms with E-state index in [1.54, 1.807) is 0 Å². The summed E-state index contributed by atoms with van der Waals surface area (Å²) in [6, 6.07) is 0.665. The van der Waals surface area contributed by atoms with Gasteiger partial charge in [-0.1, -0.05) is 27.2 Å². The summed E-state index contributed by atoms with van der Waals surface area (Å²) in [5.74, 6) is 1.11. The molecule has 0 bridgehead atoms. The first-order chi connectivity index (χ1) is 11.5. The van der Waals surface area contributed by atoms with E-state index >= 15 is 0 Å².